The van der Waals surface area contributed by atoms with Crippen LogP contribution < -0.4 is 10.6 Å². The molecular formula is C18H26N4O. The number of nitrogens with one attached hydrogen (secondary N) is 2. The Bertz CT molecular complexity index is 647. The zero-order valence-corrected chi connectivity index (χ0v) is 14.7. The van der Waals surface area contributed by atoms with Crippen LogP contribution in [-0.4, -0.2) is 30.2 Å². The Labute approximate surface area is 138 Å². The summed E-state index contributed by atoms with van der Waals surface area (Å²) in [7, 11) is 1.71. The van der Waals surface area contributed by atoms with Crippen molar-refractivity contribution in [1.82, 2.24) is 9.97 Å². The van der Waals surface area contributed by atoms with E-state index in [0.717, 1.165) is 36.8 Å². The molecule has 5 heteroatoms. The normalized spacial score (nSPS) is 10.7. The summed E-state index contributed by atoms with van der Waals surface area (Å²) in [6.07, 6.45) is 0.943. The number of nitrogens with zero attached hydrogens (tertiary/aromatic N) is 2. The Hall–Kier alpha value is -2.14. The van der Waals surface area contributed by atoms with Crippen LogP contribution in [0.4, 0.5) is 17.5 Å². The van der Waals surface area contributed by atoms with Crippen LogP contribution in [0.2, 0.25) is 0 Å². The van der Waals surface area contributed by atoms with Crippen LogP contribution in [0.1, 0.15) is 28.8 Å². The van der Waals surface area contributed by atoms with Crippen LogP contribution in [0.15, 0.2) is 18.2 Å². The van der Waals surface area contributed by atoms with Crippen molar-refractivity contribution in [3.63, 3.8) is 0 Å². The first kappa shape index (κ1) is 17.2. The number of rotatable bonds is 7. The molecule has 0 aliphatic carbocycles. The number of hydrogen-bond acceptors (Lipinski definition) is 5. The number of ether oxygens (including phenoxy) is 1. The second kappa shape index (κ2) is 7.92. The molecule has 23 heavy (non-hydrogen) atoms. The lowest BCUT2D eigenvalue weighted by Crippen LogP contribution is -2.09. The third kappa shape index (κ3) is 4.93. The summed E-state index contributed by atoms with van der Waals surface area (Å²) in [5, 5.41) is 6.68. The largest absolute Gasteiger partial charge is 0.385 e. The fraction of sp³-hybridized carbons (Fsp3) is 0.444. The molecule has 0 spiro atoms. The highest BCUT2D eigenvalue weighted by Crippen LogP contribution is 2.25. The summed E-state index contributed by atoms with van der Waals surface area (Å²) in [5.41, 5.74) is 5.66. The summed E-state index contributed by atoms with van der Waals surface area (Å²) in [6, 6.07) is 6.27. The maximum Gasteiger partial charge on any atom is 0.229 e. The van der Waals surface area contributed by atoms with Gasteiger partial charge < -0.3 is 15.4 Å². The van der Waals surface area contributed by atoms with E-state index in [2.05, 4.69) is 53.5 Å². The summed E-state index contributed by atoms with van der Waals surface area (Å²) in [6.45, 7) is 9.84. The Kier molecular flexibility index (Phi) is 5.93. The molecule has 124 valence electrons. The summed E-state index contributed by atoms with van der Waals surface area (Å²) < 4.78 is 5.06. The van der Waals surface area contributed by atoms with E-state index >= 15 is 0 Å². The van der Waals surface area contributed by atoms with E-state index in [1.165, 1.54) is 16.7 Å². The molecule has 0 radical (unpaired) electrons. The Morgan fingerprint density at radius 1 is 1.00 bits per heavy atom. The van der Waals surface area contributed by atoms with E-state index in [-0.39, 0.29) is 0 Å². The molecule has 2 rings (SSSR count). The molecule has 5 nitrogen and oxygen atoms in total. The van der Waals surface area contributed by atoms with Crippen molar-refractivity contribution >= 4 is 17.5 Å². The van der Waals surface area contributed by atoms with Gasteiger partial charge in [0, 0.05) is 37.7 Å². The van der Waals surface area contributed by atoms with Crippen LogP contribution in [-0.2, 0) is 4.74 Å². The maximum absolute atomic E-state index is 5.06. The van der Waals surface area contributed by atoms with Gasteiger partial charge in [-0.25, -0.2) is 4.98 Å². The van der Waals surface area contributed by atoms with Gasteiger partial charge in [0.05, 0.1) is 0 Å². The molecule has 1 heterocycles. The minimum absolute atomic E-state index is 0.620. The van der Waals surface area contributed by atoms with Gasteiger partial charge in [0.1, 0.15) is 5.82 Å². The molecule has 0 fully saturated rings. The lowest BCUT2D eigenvalue weighted by atomic mass is 10.1. The maximum atomic E-state index is 5.06. The molecule has 0 bridgehead atoms. The zero-order chi connectivity index (χ0) is 16.8. The molecule has 1 aromatic carbocycles. The van der Waals surface area contributed by atoms with Crippen molar-refractivity contribution in [3.05, 3.63) is 40.6 Å². The van der Waals surface area contributed by atoms with Gasteiger partial charge >= 0.3 is 0 Å². The van der Waals surface area contributed by atoms with Crippen molar-refractivity contribution in [2.45, 2.75) is 34.1 Å². The fourth-order valence-corrected chi connectivity index (χ4v) is 2.64. The third-order valence-corrected chi connectivity index (χ3v) is 3.60. The highest BCUT2D eigenvalue weighted by Gasteiger charge is 2.07. The van der Waals surface area contributed by atoms with Crippen molar-refractivity contribution in [2.24, 2.45) is 0 Å². The molecular weight excluding hydrogens is 288 g/mol. The van der Waals surface area contributed by atoms with E-state index < -0.39 is 0 Å². The monoisotopic (exact) mass is 314 g/mol. The summed E-state index contributed by atoms with van der Waals surface area (Å²) in [5.74, 6) is 1.45. The van der Waals surface area contributed by atoms with Crippen molar-refractivity contribution in [3.8, 4) is 0 Å². The van der Waals surface area contributed by atoms with Gasteiger partial charge in [0.25, 0.3) is 0 Å². The van der Waals surface area contributed by atoms with Crippen molar-refractivity contribution in [2.75, 3.05) is 30.9 Å². The molecule has 0 aliphatic heterocycles. The molecule has 2 aromatic rings. The number of aromatic nitrogens is 2. The zero-order valence-electron chi connectivity index (χ0n) is 14.7. The number of benzene rings is 1. The van der Waals surface area contributed by atoms with Crippen LogP contribution in [0.5, 0.6) is 0 Å². The van der Waals surface area contributed by atoms with Crippen LogP contribution in [0.25, 0.3) is 0 Å². The van der Waals surface area contributed by atoms with Gasteiger partial charge in [-0.15, -0.1) is 0 Å². The number of anilines is 3. The predicted molar refractivity (Wildman–Crippen MR) is 95.7 cm³/mol. The average molecular weight is 314 g/mol. The third-order valence-electron chi connectivity index (χ3n) is 3.60. The molecule has 0 saturated carbocycles. The van der Waals surface area contributed by atoms with E-state index in [1.54, 1.807) is 7.11 Å². The quantitative estimate of drug-likeness (QED) is 0.759. The first-order valence-electron chi connectivity index (χ1n) is 7.93. The van der Waals surface area contributed by atoms with Crippen molar-refractivity contribution < 1.29 is 4.74 Å². The SMILES string of the molecule is COCCCNc1cc(C)nc(Nc2c(C)cc(C)cc2C)n1. The lowest BCUT2D eigenvalue weighted by Gasteiger charge is -2.14. The molecule has 0 amide bonds. The van der Waals surface area contributed by atoms with Gasteiger partial charge in [0.15, 0.2) is 0 Å². The van der Waals surface area contributed by atoms with E-state index in [0.29, 0.717) is 5.95 Å². The standard InChI is InChI=1S/C18H26N4O/c1-12-9-13(2)17(14(3)10-12)22-18-20-15(4)11-16(21-18)19-7-6-8-23-5/h9-11H,6-8H2,1-5H3,(H2,19,20,21,22). The van der Waals surface area contributed by atoms with Gasteiger partial charge in [-0.2, -0.15) is 4.98 Å². The first-order valence-corrected chi connectivity index (χ1v) is 7.93. The van der Waals surface area contributed by atoms with Crippen LogP contribution >= 0.6 is 0 Å². The lowest BCUT2D eigenvalue weighted by molar-refractivity contribution is 0.198. The molecule has 0 aliphatic rings. The van der Waals surface area contributed by atoms with Gasteiger partial charge in [-0.3, -0.25) is 0 Å². The summed E-state index contributed by atoms with van der Waals surface area (Å²) in [4.78, 5) is 9.05. The average Bonchev–Trinajstić information content (AvgIpc) is 2.47. The van der Waals surface area contributed by atoms with Crippen LogP contribution in [0.3, 0.4) is 0 Å². The number of methoxy groups -OCH3 is 1. The number of aryl methyl sites for hydroxylation is 4. The van der Waals surface area contributed by atoms with E-state index in [9.17, 15) is 0 Å². The molecule has 0 unspecified atom stereocenters. The smallest absolute Gasteiger partial charge is 0.229 e. The first-order chi connectivity index (χ1) is 11.0. The minimum atomic E-state index is 0.620. The highest BCUT2D eigenvalue weighted by molar-refractivity contribution is 5.64. The Morgan fingerprint density at radius 3 is 2.35 bits per heavy atom. The molecule has 1 aromatic heterocycles. The second-order valence-electron chi connectivity index (χ2n) is 5.89. The molecule has 0 saturated heterocycles. The Morgan fingerprint density at radius 2 is 1.70 bits per heavy atom. The second-order valence-corrected chi connectivity index (χ2v) is 5.89. The topological polar surface area (TPSA) is 59.1 Å². The summed E-state index contributed by atoms with van der Waals surface area (Å²) >= 11 is 0. The van der Waals surface area contributed by atoms with Crippen LogP contribution in [0, 0.1) is 27.7 Å². The fourth-order valence-electron chi connectivity index (χ4n) is 2.64. The van der Waals surface area contributed by atoms with Gasteiger partial charge in [0.2, 0.25) is 5.95 Å². The number of hydrogen-bond donors (Lipinski definition) is 2. The van der Waals surface area contributed by atoms with Gasteiger partial charge in [-0.1, -0.05) is 17.7 Å². The van der Waals surface area contributed by atoms with E-state index in [1.807, 2.05) is 13.0 Å². The Balaban J connectivity index is 2.15. The van der Waals surface area contributed by atoms with Crippen molar-refractivity contribution in [1.29, 1.82) is 0 Å². The highest BCUT2D eigenvalue weighted by atomic mass is 16.5. The molecule has 0 atom stereocenters. The van der Waals surface area contributed by atoms with E-state index in [4.69, 9.17) is 4.74 Å². The predicted octanol–water partition coefficient (Wildman–Crippen LogP) is 3.90. The van der Waals surface area contributed by atoms with Gasteiger partial charge in [-0.05, 0) is 45.2 Å². The molecule has 2 N–H and O–H groups in total. The minimum Gasteiger partial charge on any atom is -0.385 e.